The van der Waals surface area contributed by atoms with Gasteiger partial charge >= 0.3 is 0 Å². The fourth-order valence-electron chi connectivity index (χ4n) is 3.50. The van der Waals surface area contributed by atoms with Crippen molar-refractivity contribution < 1.29 is 0 Å². The van der Waals surface area contributed by atoms with E-state index in [9.17, 15) is 0 Å². The first kappa shape index (κ1) is 15.7. The number of pyridine rings is 1. The third-order valence-electron chi connectivity index (χ3n) is 4.73. The van der Waals surface area contributed by atoms with Crippen molar-refractivity contribution in [2.24, 2.45) is 10.1 Å². The van der Waals surface area contributed by atoms with E-state index < -0.39 is 0 Å². The van der Waals surface area contributed by atoms with Gasteiger partial charge in [0.05, 0.1) is 22.4 Å². The lowest BCUT2D eigenvalue weighted by Gasteiger charge is -2.16. The lowest BCUT2D eigenvalue weighted by Crippen LogP contribution is -2.19. The third-order valence-corrected chi connectivity index (χ3v) is 4.73. The number of aromatic nitrogens is 1. The highest BCUT2D eigenvalue weighted by molar-refractivity contribution is 6.17. The highest BCUT2D eigenvalue weighted by Gasteiger charge is 2.22. The van der Waals surface area contributed by atoms with Gasteiger partial charge in [-0.25, -0.2) is 15.0 Å². The van der Waals surface area contributed by atoms with Crippen LogP contribution in [0.1, 0.15) is 13.3 Å². The maximum Gasteiger partial charge on any atom is 0.136 e. The van der Waals surface area contributed by atoms with E-state index in [0.29, 0.717) is 0 Å². The molecule has 0 spiro atoms. The molecule has 4 heteroatoms. The summed E-state index contributed by atoms with van der Waals surface area (Å²) in [5.41, 5.74) is 4.95. The first-order chi connectivity index (χ1) is 13.3. The lowest BCUT2D eigenvalue weighted by molar-refractivity contribution is 1.15. The third kappa shape index (κ3) is 2.75. The van der Waals surface area contributed by atoms with Gasteiger partial charge in [-0.1, -0.05) is 54.6 Å². The molecule has 0 atom stereocenters. The molecule has 3 aromatic carbocycles. The molecule has 0 amide bonds. The summed E-state index contributed by atoms with van der Waals surface area (Å²) in [6.45, 7) is 2.04. The van der Waals surface area contributed by atoms with E-state index in [4.69, 9.17) is 15.1 Å². The van der Waals surface area contributed by atoms with E-state index in [1.807, 2.05) is 66.5 Å². The molecule has 4 aromatic rings. The molecule has 0 saturated heterocycles. The molecule has 130 valence electrons. The van der Waals surface area contributed by atoms with Crippen LogP contribution in [0.25, 0.3) is 21.8 Å². The smallest absolute Gasteiger partial charge is 0.136 e. The number of benzene rings is 3. The first-order valence-electron chi connectivity index (χ1n) is 9.04. The molecule has 0 unspecified atom stereocenters. The van der Waals surface area contributed by atoms with Crippen LogP contribution in [0.5, 0.6) is 0 Å². The fraction of sp³-hybridized carbons (Fsp3) is 0.0870. The number of fused-ring (bicyclic) bond motifs is 2. The van der Waals surface area contributed by atoms with E-state index in [1.54, 1.807) is 0 Å². The molecule has 0 N–H and O–H groups in total. The molecule has 1 aromatic heterocycles. The minimum atomic E-state index is 0.736. The van der Waals surface area contributed by atoms with Gasteiger partial charge in [-0.3, -0.25) is 0 Å². The van der Waals surface area contributed by atoms with Gasteiger partial charge < -0.3 is 0 Å². The van der Waals surface area contributed by atoms with Gasteiger partial charge in [0, 0.05) is 22.9 Å². The van der Waals surface area contributed by atoms with Crippen LogP contribution in [0.3, 0.4) is 0 Å². The predicted molar refractivity (Wildman–Crippen MR) is 113 cm³/mol. The summed E-state index contributed by atoms with van der Waals surface area (Å²) in [6, 6.07) is 26.5. The van der Waals surface area contributed by atoms with Gasteiger partial charge in [0.25, 0.3) is 0 Å². The summed E-state index contributed by atoms with van der Waals surface area (Å²) in [4.78, 5) is 9.90. The first-order valence-corrected chi connectivity index (χ1v) is 9.04. The second-order valence-electron chi connectivity index (χ2n) is 6.68. The van der Waals surface area contributed by atoms with Crippen LogP contribution in [0.2, 0.25) is 0 Å². The van der Waals surface area contributed by atoms with Crippen LogP contribution < -0.4 is 5.01 Å². The second kappa shape index (κ2) is 6.32. The van der Waals surface area contributed by atoms with Crippen LogP contribution in [0.15, 0.2) is 89.0 Å². The van der Waals surface area contributed by atoms with E-state index in [0.717, 1.165) is 51.1 Å². The Morgan fingerprint density at radius 2 is 1.37 bits per heavy atom. The van der Waals surface area contributed by atoms with Crippen molar-refractivity contribution in [3.8, 4) is 0 Å². The molecule has 27 heavy (non-hydrogen) atoms. The number of hydrogen-bond acceptors (Lipinski definition) is 3. The summed E-state index contributed by atoms with van der Waals surface area (Å²) in [5.74, 6) is 0.931. The van der Waals surface area contributed by atoms with Crippen LogP contribution in [0.4, 0.5) is 11.4 Å². The molecular formula is C23H18N4. The lowest BCUT2D eigenvalue weighted by atomic mass is 10.1. The van der Waals surface area contributed by atoms with Crippen molar-refractivity contribution in [2.45, 2.75) is 13.3 Å². The predicted octanol–water partition coefficient (Wildman–Crippen LogP) is 5.70. The van der Waals surface area contributed by atoms with E-state index in [1.165, 1.54) is 0 Å². The van der Waals surface area contributed by atoms with Crippen LogP contribution >= 0.6 is 0 Å². The zero-order valence-electron chi connectivity index (χ0n) is 15.0. The van der Waals surface area contributed by atoms with Crippen molar-refractivity contribution in [3.05, 3.63) is 78.9 Å². The van der Waals surface area contributed by atoms with E-state index in [-0.39, 0.29) is 0 Å². The quantitative estimate of drug-likeness (QED) is 0.435. The number of hydrazone groups is 1. The summed E-state index contributed by atoms with van der Waals surface area (Å²) in [7, 11) is 0. The number of hydrogen-bond donors (Lipinski definition) is 0. The number of amidine groups is 1. The molecule has 2 heterocycles. The minimum Gasteiger partial charge on any atom is -0.248 e. The Bertz CT molecular complexity index is 1150. The molecule has 4 nitrogen and oxygen atoms in total. The summed E-state index contributed by atoms with van der Waals surface area (Å²) >= 11 is 0. The number of rotatable bonds is 2. The van der Waals surface area contributed by atoms with Gasteiger partial charge in [0.2, 0.25) is 0 Å². The molecule has 0 aliphatic carbocycles. The maximum atomic E-state index is 5.11. The number of aliphatic imine (C=N–C) groups is 1. The average molecular weight is 350 g/mol. The molecule has 0 bridgehead atoms. The molecule has 0 radical (unpaired) electrons. The zero-order chi connectivity index (χ0) is 18.2. The number of nitrogens with zero attached hydrogens (tertiary/aromatic N) is 4. The fourth-order valence-corrected chi connectivity index (χ4v) is 3.50. The normalized spacial score (nSPS) is 15.7. The zero-order valence-corrected chi connectivity index (χ0v) is 15.0. The summed E-state index contributed by atoms with van der Waals surface area (Å²) < 4.78 is 0. The van der Waals surface area contributed by atoms with Crippen molar-refractivity contribution in [2.75, 3.05) is 5.01 Å². The second-order valence-corrected chi connectivity index (χ2v) is 6.68. The van der Waals surface area contributed by atoms with Gasteiger partial charge in [-0.05, 0) is 31.2 Å². The van der Waals surface area contributed by atoms with E-state index >= 15 is 0 Å². The maximum absolute atomic E-state index is 5.11. The molecule has 1 aliphatic rings. The Morgan fingerprint density at radius 3 is 2.04 bits per heavy atom. The molecule has 1 aliphatic heterocycles. The van der Waals surface area contributed by atoms with Gasteiger partial charge in [-0.2, -0.15) is 5.10 Å². The Kier molecular flexibility index (Phi) is 3.68. The van der Waals surface area contributed by atoms with Crippen molar-refractivity contribution >= 4 is 44.7 Å². The van der Waals surface area contributed by atoms with E-state index in [2.05, 4.69) is 24.3 Å². The molecular weight excluding hydrogens is 332 g/mol. The Labute approximate surface area is 157 Å². The van der Waals surface area contributed by atoms with Gasteiger partial charge in [0.1, 0.15) is 5.84 Å². The summed E-state index contributed by atoms with van der Waals surface area (Å²) in [6.07, 6.45) is 0.736. The van der Waals surface area contributed by atoms with Gasteiger partial charge in [-0.15, -0.1) is 0 Å². The molecule has 0 fully saturated rings. The standard InChI is InChI=1S/C23H18N4/c1-16-15-22(27(26-16)17-9-3-2-4-10-17)25-23-18-11-5-7-13-20(18)24-21-14-8-6-12-19(21)23/h2-14H,15H2,1H3. The van der Waals surface area contributed by atoms with Crippen LogP contribution in [0, 0.1) is 0 Å². The van der Waals surface area contributed by atoms with Crippen LogP contribution in [-0.4, -0.2) is 16.5 Å². The minimum absolute atomic E-state index is 0.736. The number of para-hydroxylation sites is 3. The topological polar surface area (TPSA) is 40.9 Å². The highest BCUT2D eigenvalue weighted by atomic mass is 15.5. The Morgan fingerprint density at radius 1 is 0.778 bits per heavy atom. The van der Waals surface area contributed by atoms with Crippen molar-refractivity contribution in [3.63, 3.8) is 0 Å². The SMILES string of the molecule is CC1=NN(c2ccccc2)C(=Nc2c3ccccc3nc3ccccc23)C1. The Hall–Kier alpha value is -3.53. The molecule has 0 saturated carbocycles. The largest absolute Gasteiger partial charge is 0.248 e. The molecule has 5 rings (SSSR count). The van der Waals surface area contributed by atoms with Gasteiger partial charge in [0.15, 0.2) is 0 Å². The monoisotopic (exact) mass is 350 g/mol. The summed E-state index contributed by atoms with van der Waals surface area (Å²) in [5, 5.41) is 8.76. The highest BCUT2D eigenvalue weighted by Crippen LogP contribution is 2.34. The number of anilines is 1. The van der Waals surface area contributed by atoms with Crippen molar-refractivity contribution in [1.82, 2.24) is 4.98 Å². The van der Waals surface area contributed by atoms with Crippen molar-refractivity contribution in [1.29, 1.82) is 0 Å². The Balaban J connectivity index is 1.75. The average Bonchev–Trinajstić information content (AvgIpc) is 3.09. The van der Waals surface area contributed by atoms with Crippen LogP contribution in [-0.2, 0) is 0 Å².